The highest BCUT2D eigenvalue weighted by Gasteiger charge is 2.40. The fourth-order valence-electron chi connectivity index (χ4n) is 2.00. The molecule has 3 N–H and O–H groups in total. The second-order valence-electron chi connectivity index (χ2n) is 4.62. The van der Waals surface area contributed by atoms with Crippen LogP contribution in [0.5, 0.6) is 0 Å². The van der Waals surface area contributed by atoms with E-state index >= 15 is 0 Å². The minimum atomic E-state index is 0.350. The van der Waals surface area contributed by atoms with E-state index in [0.29, 0.717) is 5.41 Å². The van der Waals surface area contributed by atoms with Gasteiger partial charge in [-0.25, -0.2) is 4.98 Å². The number of nitrogens with two attached hydrogens (primary N) is 1. The topological polar surface area (TPSA) is 55.3 Å². The molecule has 1 saturated carbocycles. The van der Waals surface area contributed by atoms with E-state index in [1.165, 1.54) is 12.8 Å². The number of hydrogen-bond donors (Lipinski definition) is 2. The van der Waals surface area contributed by atoms with Gasteiger partial charge in [0.25, 0.3) is 0 Å². The number of anilines is 1. The van der Waals surface area contributed by atoms with Gasteiger partial charge in [-0.1, -0.05) is 6.07 Å². The lowest BCUT2D eigenvalue weighted by molar-refractivity contribution is 0.554. The standard InChI is InChI=1S/C12H16N4/c13-8-12(4-5-12)9-15-11-3-1-2-10-14-6-7-16(10)11/h1-3,6-7,15H,4-5,8-9,13H2. The van der Waals surface area contributed by atoms with Crippen LogP contribution in [0, 0.1) is 5.41 Å². The smallest absolute Gasteiger partial charge is 0.138 e. The molecule has 4 heteroatoms. The van der Waals surface area contributed by atoms with Crippen LogP contribution in [-0.4, -0.2) is 22.5 Å². The van der Waals surface area contributed by atoms with E-state index in [0.717, 1.165) is 24.6 Å². The minimum Gasteiger partial charge on any atom is -0.371 e. The summed E-state index contributed by atoms with van der Waals surface area (Å²) in [6.07, 6.45) is 6.28. The van der Waals surface area contributed by atoms with Gasteiger partial charge in [0.05, 0.1) is 0 Å². The van der Waals surface area contributed by atoms with Crippen LogP contribution >= 0.6 is 0 Å². The van der Waals surface area contributed by atoms with Crippen LogP contribution < -0.4 is 11.1 Å². The third kappa shape index (κ3) is 1.55. The summed E-state index contributed by atoms with van der Waals surface area (Å²) in [5, 5.41) is 3.47. The maximum Gasteiger partial charge on any atom is 0.138 e. The van der Waals surface area contributed by atoms with Crippen LogP contribution in [0.25, 0.3) is 5.65 Å². The monoisotopic (exact) mass is 216 g/mol. The Labute approximate surface area is 94.5 Å². The molecule has 1 aliphatic carbocycles. The van der Waals surface area contributed by atoms with Crippen LogP contribution in [0.4, 0.5) is 5.82 Å². The van der Waals surface area contributed by atoms with E-state index in [-0.39, 0.29) is 0 Å². The average Bonchev–Trinajstić information content (AvgIpc) is 2.94. The van der Waals surface area contributed by atoms with Crippen LogP contribution in [0.3, 0.4) is 0 Å². The first-order chi connectivity index (χ1) is 7.83. The quantitative estimate of drug-likeness (QED) is 0.814. The van der Waals surface area contributed by atoms with Crippen LogP contribution in [0.1, 0.15) is 12.8 Å². The average molecular weight is 216 g/mol. The fraction of sp³-hybridized carbons (Fsp3) is 0.417. The van der Waals surface area contributed by atoms with E-state index in [1.54, 1.807) is 0 Å². The van der Waals surface area contributed by atoms with Crippen LogP contribution in [-0.2, 0) is 0 Å². The molecule has 0 unspecified atom stereocenters. The summed E-state index contributed by atoms with van der Waals surface area (Å²) >= 11 is 0. The van der Waals surface area contributed by atoms with E-state index in [9.17, 15) is 0 Å². The number of imidazole rings is 1. The highest BCUT2D eigenvalue weighted by Crippen LogP contribution is 2.44. The van der Waals surface area contributed by atoms with Crippen molar-refractivity contribution in [2.75, 3.05) is 18.4 Å². The van der Waals surface area contributed by atoms with Gasteiger partial charge in [0.1, 0.15) is 11.5 Å². The van der Waals surface area contributed by atoms with Gasteiger partial charge in [-0.3, -0.25) is 4.40 Å². The third-order valence-electron chi connectivity index (χ3n) is 3.46. The van der Waals surface area contributed by atoms with Gasteiger partial charge in [-0.15, -0.1) is 0 Å². The summed E-state index contributed by atoms with van der Waals surface area (Å²) in [6, 6.07) is 6.09. The Balaban J connectivity index is 1.81. The van der Waals surface area contributed by atoms with E-state index in [2.05, 4.69) is 20.8 Å². The molecule has 0 spiro atoms. The molecule has 3 rings (SSSR count). The van der Waals surface area contributed by atoms with Crippen molar-refractivity contribution in [2.45, 2.75) is 12.8 Å². The van der Waals surface area contributed by atoms with Gasteiger partial charge in [0.15, 0.2) is 0 Å². The van der Waals surface area contributed by atoms with Crippen molar-refractivity contribution >= 4 is 11.5 Å². The zero-order chi connectivity index (χ0) is 11.0. The Morgan fingerprint density at radius 2 is 2.31 bits per heavy atom. The lowest BCUT2D eigenvalue weighted by atomic mass is 10.1. The molecule has 1 aliphatic rings. The van der Waals surface area contributed by atoms with Gasteiger partial charge in [0, 0.05) is 18.9 Å². The molecule has 0 bridgehead atoms. The molecule has 4 nitrogen and oxygen atoms in total. The Kier molecular flexibility index (Phi) is 2.11. The van der Waals surface area contributed by atoms with Crippen molar-refractivity contribution < 1.29 is 0 Å². The van der Waals surface area contributed by atoms with Crippen LogP contribution in [0.15, 0.2) is 30.6 Å². The van der Waals surface area contributed by atoms with Crippen molar-refractivity contribution in [3.63, 3.8) is 0 Å². The molecule has 2 aromatic rings. The summed E-state index contributed by atoms with van der Waals surface area (Å²) in [5.74, 6) is 1.09. The van der Waals surface area contributed by atoms with Crippen molar-refractivity contribution in [1.82, 2.24) is 9.38 Å². The molecular formula is C12H16N4. The second-order valence-corrected chi connectivity index (χ2v) is 4.62. The molecule has 2 aromatic heterocycles. The number of aromatic nitrogens is 2. The molecule has 84 valence electrons. The Bertz CT molecular complexity index is 498. The summed E-state index contributed by atoms with van der Waals surface area (Å²) in [4.78, 5) is 4.26. The van der Waals surface area contributed by atoms with Gasteiger partial charge >= 0.3 is 0 Å². The summed E-state index contributed by atoms with van der Waals surface area (Å²) in [5.41, 5.74) is 7.09. The van der Waals surface area contributed by atoms with Gasteiger partial charge in [-0.2, -0.15) is 0 Å². The first-order valence-corrected chi connectivity index (χ1v) is 5.69. The predicted molar refractivity (Wildman–Crippen MR) is 64.4 cm³/mol. The third-order valence-corrected chi connectivity index (χ3v) is 3.46. The van der Waals surface area contributed by atoms with E-state index in [4.69, 9.17) is 5.73 Å². The number of rotatable bonds is 4. The molecule has 2 heterocycles. The Morgan fingerprint density at radius 1 is 1.44 bits per heavy atom. The molecule has 0 aliphatic heterocycles. The Morgan fingerprint density at radius 3 is 3.06 bits per heavy atom. The molecule has 1 fully saturated rings. The number of hydrogen-bond acceptors (Lipinski definition) is 3. The molecule has 0 aromatic carbocycles. The largest absolute Gasteiger partial charge is 0.371 e. The molecule has 0 radical (unpaired) electrons. The zero-order valence-electron chi connectivity index (χ0n) is 9.19. The zero-order valence-corrected chi connectivity index (χ0v) is 9.19. The van der Waals surface area contributed by atoms with Gasteiger partial charge in [-0.05, 0) is 36.9 Å². The maximum atomic E-state index is 5.77. The Hall–Kier alpha value is -1.55. The minimum absolute atomic E-state index is 0.350. The lowest BCUT2D eigenvalue weighted by Gasteiger charge is -2.15. The predicted octanol–water partition coefficient (Wildman–Crippen LogP) is 1.49. The van der Waals surface area contributed by atoms with Crippen molar-refractivity contribution in [1.29, 1.82) is 0 Å². The normalized spacial score (nSPS) is 17.6. The highest BCUT2D eigenvalue weighted by atomic mass is 15.1. The first kappa shape index (κ1) is 9.66. The second kappa shape index (κ2) is 3.49. The lowest BCUT2D eigenvalue weighted by Crippen LogP contribution is -2.24. The van der Waals surface area contributed by atoms with Gasteiger partial charge < -0.3 is 11.1 Å². The number of nitrogens with one attached hydrogen (secondary N) is 1. The molecule has 16 heavy (non-hydrogen) atoms. The molecule has 0 atom stereocenters. The van der Waals surface area contributed by atoms with Crippen molar-refractivity contribution in [3.8, 4) is 0 Å². The van der Waals surface area contributed by atoms with Gasteiger partial charge in [0.2, 0.25) is 0 Å². The molecule has 0 amide bonds. The highest BCUT2D eigenvalue weighted by molar-refractivity contribution is 5.50. The SMILES string of the molecule is NCC1(CNc2cccc3nccn23)CC1. The summed E-state index contributed by atoms with van der Waals surface area (Å²) in [6.45, 7) is 1.74. The van der Waals surface area contributed by atoms with Crippen molar-refractivity contribution in [3.05, 3.63) is 30.6 Å². The van der Waals surface area contributed by atoms with Crippen molar-refractivity contribution in [2.24, 2.45) is 11.1 Å². The number of fused-ring (bicyclic) bond motifs is 1. The van der Waals surface area contributed by atoms with E-state index < -0.39 is 0 Å². The first-order valence-electron chi connectivity index (χ1n) is 5.69. The molecule has 0 saturated heterocycles. The van der Waals surface area contributed by atoms with E-state index in [1.807, 2.05) is 24.5 Å². The maximum absolute atomic E-state index is 5.77. The number of pyridine rings is 1. The molecular weight excluding hydrogens is 200 g/mol. The van der Waals surface area contributed by atoms with Crippen LogP contribution in [0.2, 0.25) is 0 Å². The summed E-state index contributed by atoms with van der Waals surface area (Å²) in [7, 11) is 0. The fourth-order valence-corrected chi connectivity index (χ4v) is 2.00. The summed E-state index contributed by atoms with van der Waals surface area (Å²) < 4.78 is 2.06. The number of nitrogens with zero attached hydrogens (tertiary/aromatic N) is 2.